The average molecular weight is 294 g/mol. The van der Waals surface area contributed by atoms with Crippen LogP contribution in [0.15, 0.2) is 16.6 Å². The number of nitrogens with zero attached hydrogens (tertiary/aromatic N) is 3. The number of aryl methyl sites for hydroxylation is 3. The molecule has 0 aromatic carbocycles. The molecule has 2 aromatic heterocycles. The van der Waals surface area contributed by atoms with Crippen molar-refractivity contribution in [2.75, 3.05) is 11.1 Å². The maximum absolute atomic E-state index is 11.7. The highest BCUT2D eigenvalue weighted by Crippen LogP contribution is 2.17. The molecule has 0 aliphatic heterocycles. The van der Waals surface area contributed by atoms with E-state index in [1.165, 1.54) is 23.1 Å². The highest BCUT2D eigenvalue weighted by atomic mass is 32.2. The van der Waals surface area contributed by atoms with Crippen molar-refractivity contribution in [1.82, 2.24) is 15.0 Å². The second kappa shape index (κ2) is 6.12. The van der Waals surface area contributed by atoms with Gasteiger partial charge in [0.25, 0.3) is 0 Å². The highest BCUT2D eigenvalue weighted by molar-refractivity contribution is 7.99. The van der Waals surface area contributed by atoms with Crippen LogP contribution in [-0.4, -0.2) is 26.6 Å². The molecule has 2 rings (SSSR count). The van der Waals surface area contributed by atoms with Gasteiger partial charge in [0, 0.05) is 16.8 Å². The number of thioether (sulfide) groups is 1. The molecule has 0 aliphatic rings. The van der Waals surface area contributed by atoms with E-state index in [-0.39, 0.29) is 11.7 Å². The number of amides is 1. The number of thiazole rings is 1. The Morgan fingerprint density at radius 2 is 1.89 bits per heavy atom. The van der Waals surface area contributed by atoms with E-state index in [1.54, 1.807) is 0 Å². The maximum atomic E-state index is 11.7. The molecular weight excluding hydrogens is 280 g/mol. The summed E-state index contributed by atoms with van der Waals surface area (Å²) < 4.78 is 0. The number of rotatable bonds is 4. The van der Waals surface area contributed by atoms with Gasteiger partial charge < -0.3 is 5.32 Å². The molecule has 2 aromatic rings. The summed E-state index contributed by atoms with van der Waals surface area (Å²) >= 11 is 2.75. The Morgan fingerprint density at radius 1 is 1.21 bits per heavy atom. The van der Waals surface area contributed by atoms with E-state index < -0.39 is 0 Å². The molecular formula is C12H14N4OS2. The van der Waals surface area contributed by atoms with E-state index >= 15 is 0 Å². The number of carbonyl (C=O) groups is 1. The van der Waals surface area contributed by atoms with Gasteiger partial charge in [-0.05, 0) is 26.8 Å². The second-order valence-corrected chi connectivity index (χ2v) is 5.86. The van der Waals surface area contributed by atoms with Crippen molar-refractivity contribution in [3.8, 4) is 0 Å². The van der Waals surface area contributed by atoms with Gasteiger partial charge in [-0.15, -0.1) is 11.3 Å². The Morgan fingerprint density at radius 3 is 2.47 bits per heavy atom. The first-order valence-electron chi connectivity index (χ1n) is 5.70. The molecule has 7 heteroatoms. The molecule has 5 nitrogen and oxygen atoms in total. The summed E-state index contributed by atoms with van der Waals surface area (Å²) in [5.41, 5.74) is 2.72. The van der Waals surface area contributed by atoms with Gasteiger partial charge in [0.2, 0.25) is 5.91 Å². The Bertz CT molecular complexity index is 577. The Labute approximate surface area is 119 Å². The van der Waals surface area contributed by atoms with Crippen LogP contribution in [0.2, 0.25) is 0 Å². The number of hydrogen-bond donors (Lipinski definition) is 1. The first kappa shape index (κ1) is 14.0. The number of nitrogens with one attached hydrogen (secondary N) is 1. The van der Waals surface area contributed by atoms with Crippen molar-refractivity contribution in [3.05, 3.63) is 28.5 Å². The normalized spacial score (nSPS) is 10.5. The number of hydrogen-bond acceptors (Lipinski definition) is 6. The standard InChI is InChI=1S/C12H14N4OS2/c1-7-4-8(2)14-11(13-7)19-6-10(17)16-12-15-9(3)5-18-12/h4-5H,6H2,1-3H3,(H,15,16,17). The summed E-state index contributed by atoms with van der Waals surface area (Å²) in [5, 5.41) is 5.91. The molecule has 0 atom stereocenters. The third-order valence-corrected chi connectivity index (χ3v) is 3.88. The van der Waals surface area contributed by atoms with Gasteiger partial charge >= 0.3 is 0 Å². The number of carbonyl (C=O) groups excluding carboxylic acids is 1. The van der Waals surface area contributed by atoms with Crippen molar-refractivity contribution in [2.24, 2.45) is 0 Å². The molecule has 0 spiro atoms. The van der Waals surface area contributed by atoms with Crippen LogP contribution in [-0.2, 0) is 4.79 Å². The van der Waals surface area contributed by atoms with E-state index in [2.05, 4.69) is 20.3 Å². The minimum absolute atomic E-state index is 0.0953. The smallest absolute Gasteiger partial charge is 0.236 e. The van der Waals surface area contributed by atoms with E-state index in [0.717, 1.165) is 17.1 Å². The van der Waals surface area contributed by atoms with Crippen molar-refractivity contribution in [3.63, 3.8) is 0 Å². The number of anilines is 1. The molecule has 0 saturated heterocycles. The van der Waals surface area contributed by atoms with Gasteiger partial charge in [-0.25, -0.2) is 15.0 Å². The molecule has 100 valence electrons. The fourth-order valence-corrected chi connectivity index (χ4v) is 2.91. The largest absolute Gasteiger partial charge is 0.301 e. The molecule has 2 heterocycles. The second-order valence-electron chi connectivity index (χ2n) is 4.06. The summed E-state index contributed by atoms with van der Waals surface area (Å²) in [6.07, 6.45) is 0. The quantitative estimate of drug-likeness (QED) is 0.693. The predicted molar refractivity (Wildman–Crippen MR) is 77.7 cm³/mol. The first-order chi connectivity index (χ1) is 9.02. The van der Waals surface area contributed by atoms with Gasteiger partial charge in [0.05, 0.1) is 11.4 Å². The summed E-state index contributed by atoms with van der Waals surface area (Å²) in [7, 11) is 0. The van der Waals surface area contributed by atoms with Crippen LogP contribution in [0.1, 0.15) is 17.1 Å². The van der Waals surface area contributed by atoms with Crippen LogP contribution in [0.4, 0.5) is 5.13 Å². The fourth-order valence-electron chi connectivity index (χ4n) is 1.45. The van der Waals surface area contributed by atoms with Crippen molar-refractivity contribution >= 4 is 34.1 Å². The van der Waals surface area contributed by atoms with Gasteiger partial charge in [0.15, 0.2) is 10.3 Å². The van der Waals surface area contributed by atoms with Crippen LogP contribution in [0.5, 0.6) is 0 Å². The first-order valence-corrected chi connectivity index (χ1v) is 7.56. The Kier molecular flexibility index (Phi) is 4.49. The van der Waals surface area contributed by atoms with Crippen LogP contribution >= 0.6 is 23.1 Å². The molecule has 0 fully saturated rings. The SMILES string of the molecule is Cc1cc(C)nc(SCC(=O)Nc2nc(C)cs2)n1. The fraction of sp³-hybridized carbons (Fsp3) is 0.333. The highest BCUT2D eigenvalue weighted by Gasteiger charge is 2.08. The van der Waals surface area contributed by atoms with Crippen molar-refractivity contribution < 1.29 is 4.79 Å². The summed E-state index contributed by atoms with van der Waals surface area (Å²) in [6, 6.07) is 1.91. The van der Waals surface area contributed by atoms with Gasteiger partial charge in [-0.1, -0.05) is 11.8 Å². The average Bonchev–Trinajstić information content (AvgIpc) is 2.71. The molecule has 1 N–H and O–H groups in total. The third kappa shape index (κ3) is 4.29. The zero-order valence-electron chi connectivity index (χ0n) is 10.9. The lowest BCUT2D eigenvalue weighted by Crippen LogP contribution is -2.14. The van der Waals surface area contributed by atoms with Crippen LogP contribution in [0.25, 0.3) is 0 Å². The Hall–Kier alpha value is -1.47. The molecule has 19 heavy (non-hydrogen) atoms. The van der Waals surface area contributed by atoms with Crippen molar-refractivity contribution in [1.29, 1.82) is 0 Å². The van der Waals surface area contributed by atoms with Crippen LogP contribution < -0.4 is 5.32 Å². The topological polar surface area (TPSA) is 67.8 Å². The molecule has 0 unspecified atom stereocenters. The van der Waals surface area contributed by atoms with E-state index in [0.29, 0.717) is 10.3 Å². The molecule has 0 aliphatic carbocycles. The van der Waals surface area contributed by atoms with Gasteiger partial charge in [-0.2, -0.15) is 0 Å². The lowest BCUT2D eigenvalue weighted by molar-refractivity contribution is -0.113. The van der Waals surface area contributed by atoms with Crippen LogP contribution in [0.3, 0.4) is 0 Å². The van der Waals surface area contributed by atoms with E-state index in [9.17, 15) is 4.79 Å². The minimum atomic E-state index is -0.0953. The van der Waals surface area contributed by atoms with Gasteiger partial charge in [0.1, 0.15) is 0 Å². The van der Waals surface area contributed by atoms with Crippen molar-refractivity contribution in [2.45, 2.75) is 25.9 Å². The third-order valence-electron chi connectivity index (χ3n) is 2.16. The monoisotopic (exact) mass is 294 g/mol. The molecule has 1 amide bonds. The number of aromatic nitrogens is 3. The summed E-state index contributed by atoms with van der Waals surface area (Å²) in [6.45, 7) is 5.72. The summed E-state index contributed by atoms with van der Waals surface area (Å²) in [5.74, 6) is 0.184. The predicted octanol–water partition coefficient (Wildman–Crippen LogP) is 2.59. The maximum Gasteiger partial charge on any atom is 0.236 e. The zero-order valence-corrected chi connectivity index (χ0v) is 12.6. The Balaban J connectivity index is 1.89. The van der Waals surface area contributed by atoms with Crippen LogP contribution in [0, 0.1) is 20.8 Å². The molecule has 0 saturated carbocycles. The minimum Gasteiger partial charge on any atom is -0.301 e. The summed E-state index contributed by atoms with van der Waals surface area (Å²) in [4.78, 5) is 24.5. The van der Waals surface area contributed by atoms with E-state index in [4.69, 9.17) is 0 Å². The molecule has 0 bridgehead atoms. The van der Waals surface area contributed by atoms with Gasteiger partial charge in [-0.3, -0.25) is 4.79 Å². The van der Waals surface area contributed by atoms with E-state index in [1.807, 2.05) is 32.2 Å². The lowest BCUT2D eigenvalue weighted by Gasteiger charge is -2.03. The lowest BCUT2D eigenvalue weighted by atomic mass is 10.4. The molecule has 0 radical (unpaired) electrons. The zero-order chi connectivity index (χ0) is 13.8.